The lowest BCUT2D eigenvalue weighted by Crippen LogP contribution is -2.31. The van der Waals surface area contributed by atoms with Crippen LogP contribution in [0.3, 0.4) is 0 Å². The lowest BCUT2D eigenvalue weighted by molar-refractivity contribution is 0.205. The van der Waals surface area contributed by atoms with Crippen molar-refractivity contribution in [1.29, 1.82) is 0 Å². The molecule has 0 atom stereocenters. The number of likely N-dealkylation sites (tertiary alicyclic amines) is 1. The van der Waals surface area contributed by atoms with Gasteiger partial charge in [-0.2, -0.15) is 0 Å². The number of rotatable bonds is 7. The molecule has 2 N–H and O–H groups in total. The standard InChI is InChI=1S/C22H27Cl2N3O2/c1-16-20(23)14-18(15-21(16)24)26-22(28)25-17-6-8-19(9-7-17)29-13-5-12-27-10-3-2-4-11-27/h6-9,14-15H,2-5,10-13H2,1H3,(H2,25,26,28). The summed E-state index contributed by atoms with van der Waals surface area (Å²) in [6.07, 6.45) is 5.00. The quantitative estimate of drug-likeness (QED) is 0.508. The van der Waals surface area contributed by atoms with Gasteiger partial charge in [0.1, 0.15) is 5.75 Å². The molecule has 0 saturated carbocycles. The van der Waals surface area contributed by atoms with Gasteiger partial charge in [0.05, 0.1) is 6.61 Å². The number of urea groups is 1. The first-order valence-corrected chi connectivity index (χ1v) is 10.8. The molecule has 1 aliphatic heterocycles. The molecular formula is C22H27Cl2N3O2. The fraction of sp³-hybridized carbons (Fsp3) is 0.409. The van der Waals surface area contributed by atoms with Gasteiger partial charge in [-0.1, -0.05) is 29.6 Å². The molecule has 0 aromatic heterocycles. The third-order valence-electron chi connectivity index (χ3n) is 4.99. The Hall–Kier alpha value is -1.95. The van der Waals surface area contributed by atoms with Gasteiger partial charge in [-0.3, -0.25) is 0 Å². The average molecular weight is 436 g/mol. The zero-order chi connectivity index (χ0) is 20.6. The summed E-state index contributed by atoms with van der Waals surface area (Å²) in [5, 5.41) is 6.53. The zero-order valence-electron chi connectivity index (χ0n) is 16.6. The Bertz CT molecular complexity index is 798. The largest absolute Gasteiger partial charge is 0.494 e. The van der Waals surface area contributed by atoms with E-state index in [9.17, 15) is 4.79 Å². The molecule has 156 valence electrons. The molecule has 2 aromatic rings. The van der Waals surface area contributed by atoms with Crippen LogP contribution in [0.15, 0.2) is 36.4 Å². The highest BCUT2D eigenvalue weighted by Gasteiger charge is 2.10. The number of ether oxygens (including phenoxy) is 1. The smallest absolute Gasteiger partial charge is 0.323 e. The molecule has 7 heteroatoms. The Morgan fingerprint density at radius 1 is 1.00 bits per heavy atom. The molecule has 1 aliphatic rings. The molecule has 2 amide bonds. The molecule has 29 heavy (non-hydrogen) atoms. The molecule has 2 aromatic carbocycles. The van der Waals surface area contributed by atoms with E-state index in [4.69, 9.17) is 27.9 Å². The van der Waals surface area contributed by atoms with Crippen LogP contribution in [0, 0.1) is 6.92 Å². The van der Waals surface area contributed by atoms with Crippen LogP contribution in [-0.2, 0) is 0 Å². The summed E-state index contributed by atoms with van der Waals surface area (Å²) in [6, 6.07) is 10.3. The summed E-state index contributed by atoms with van der Waals surface area (Å²) >= 11 is 12.2. The Labute approximate surface area is 182 Å². The van der Waals surface area contributed by atoms with Crippen molar-refractivity contribution < 1.29 is 9.53 Å². The van der Waals surface area contributed by atoms with Gasteiger partial charge in [0.25, 0.3) is 0 Å². The molecule has 0 radical (unpaired) electrons. The van der Waals surface area contributed by atoms with Crippen LogP contribution in [0.25, 0.3) is 0 Å². The molecule has 1 saturated heterocycles. The number of nitrogens with one attached hydrogen (secondary N) is 2. The zero-order valence-corrected chi connectivity index (χ0v) is 18.2. The minimum atomic E-state index is -0.365. The van der Waals surface area contributed by atoms with Crippen LogP contribution in [-0.4, -0.2) is 37.2 Å². The molecule has 0 bridgehead atoms. The van der Waals surface area contributed by atoms with Crippen LogP contribution in [0.4, 0.5) is 16.2 Å². The summed E-state index contributed by atoms with van der Waals surface area (Å²) < 4.78 is 5.81. The van der Waals surface area contributed by atoms with E-state index in [-0.39, 0.29) is 6.03 Å². The summed E-state index contributed by atoms with van der Waals surface area (Å²) in [5.41, 5.74) is 2.00. The monoisotopic (exact) mass is 435 g/mol. The number of hydrogen-bond acceptors (Lipinski definition) is 3. The second kappa shape index (κ2) is 10.7. The van der Waals surface area contributed by atoms with E-state index in [1.807, 2.05) is 31.2 Å². The number of carbonyl (C=O) groups excluding carboxylic acids is 1. The van der Waals surface area contributed by atoms with Crippen LogP contribution in [0.2, 0.25) is 10.0 Å². The Morgan fingerprint density at radius 2 is 1.62 bits per heavy atom. The van der Waals surface area contributed by atoms with Gasteiger partial charge in [0.15, 0.2) is 0 Å². The maximum atomic E-state index is 12.2. The van der Waals surface area contributed by atoms with Crippen molar-refractivity contribution in [3.05, 3.63) is 52.0 Å². The van der Waals surface area contributed by atoms with Crippen LogP contribution < -0.4 is 15.4 Å². The number of piperidine rings is 1. The van der Waals surface area contributed by atoms with Crippen molar-refractivity contribution in [3.8, 4) is 5.75 Å². The van der Waals surface area contributed by atoms with Gasteiger partial charge in [-0.15, -0.1) is 0 Å². The van der Waals surface area contributed by atoms with Crippen LogP contribution >= 0.6 is 23.2 Å². The lowest BCUT2D eigenvalue weighted by Gasteiger charge is -2.26. The van der Waals surface area contributed by atoms with Crippen molar-refractivity contribution in [2.75, 3.05) is 36.9 Å². The van der Waals surface area contributed by atoms with Gasteiger partial charge in [0, 0.05) is 28.0 Å². The van der Waals surface area contributed by atoms with Crippen molar-refractivity contribution in [3.63, 3.8) is 0 Å². The number of benzene rings is 2. The summed E-state index contributed by atoms with van der Waals surface area (Å²) in [7, 11) is 0. The number of hydrogen-bond donors (Lipinski definition) is 2. The van der Waals surface area contributed by atoms with Crippen LogP contribution in [0.1, 0.15) is 31.2 Å². The van der Waals surface area contributed by atoms with Crippen molar-refractivity contribution in [1.82, 2.24) is 4.90 Å². The van der Waals surface area contributed by atoms with E-state index >= 15 is 0 Å². The van der Waals surface area contributed by atoms with Gasteiger partial charge >= 0.3 is 6.03 Å². The first-order chi connectivity index (χ1) is 14.0. The second-order valence-electron chi connectivity index (χ2n) is 7.27. The number of nitrogens with zero attached hydrogens (tertiary/aromatic N) is 1. The summed E-state index contributed by atoms with van der Waals surface area (Å²) in [6.45, 7) is 6.03. The normalized spacial score (nSPS) is 14.4. The topological polar surface area (TPSA) is 53.6 Å². The van der Waals surface area contributed by atoms with Crippen molar-refractivity contribution >= 4 is 40.6 Å². The number of carbonyl (C=O) groups is 1. The molecule has 1 fully saturated rings. The minimum absolute atomic E-state index is 0.365. The van der Waals surface area contributed by atoms with Gasteiger partial charge in [-0.25, -0.2) is 4.79 Å². The van der Waals surface area contributed by atoms with Gasteiger partial charge < -0.3 is 20.3 Å². The third kappa shape index (κ3) is 6.81. The lowest BCUT2D eigenvalue weighted by atomic mass is 10.1. The van der Waals surface area contributed by atoms with E-state index in [1.165, 1.54) is 32.4 Å². The van der Waals surface area contributed by atoms with E-state index in [2.05, 4.69) is 15.5 Å². The fourth-order valence-electron chi connectivity index (χ4n) is 3.31. The van der Waals surface area contributed by atoms with Gasteiger partial charge in [-0.05, 0) is 81.2 Å². The van der Waals surface area contributed by atoms with Crippen molar-refractivity contribution in [2.24, 2.45) is 0 Å². The minimum Gasteiger partial charge on any atom is -0.494 e. The fourth-order valence-corrected chi connectivity index (χ4v) is 3.79. The molecule has 0 unspecified atom stereocenters. The summed E-state index contributed by atoms with van der Waals surface area (Å²) in [5.74, 6) is 0.798. The Kier molecular flexibility index (Phi) is 8.04. The van der Waals surface area contributed by atoms with E-state index in [0.717, 1.165) is 24.3 Å². The Balaban J connectivity index is 1.42. The highest BCUT2D eigenvalue weighted by molar-refractivity contribution is 6.36. The first kappa shape index (κ1) is 21.8. The summed E-state index contributed by atoms with van der Waals surface area (Å²) in [4.78, 5) is 14.7. The maximum absolute atomic E-state index is 12.2. The molecule has 1 heterocycles. The van der Waals surface area contributed by atoms with Gasteiger partial charge in [0.2, 0.25) is 0 Å². The molecule has 5 nitrogen and oxygen atoms in total. The highest BCUT2D eigenvalue weighted by atomic mass is 35.5. The first-order valence-electron chi connectivity index (χ1n) is 10.00. The maximum Gasteiger partial charge on any atom is 0.323 e. The van der Waals surface area contributed by atoms with E-state index in [1.54, 1.807) is 12.1 Å². The number of anilines is 2. The van der Waals surface area contributed by atoms with Crippen molar-refractivity contribution in [2.45, 2.75) is 32.6 Å². The average Bonchev–Trinajstić information content (AvgIpc) is 2.71. The third-order valence-corrected chi connectivity index (χ3v) is 5.77. The number of halogens is 2. The molecule has 0 aliphatic carbocycles. The highest BCUT2D eigenvalue weighted by Crippen LogP contribution is 2.28. The van der Waals surface area contributed by atoms with Crippen LogP contribution in [0.5, 0.6) is 5.75 Å². The molecule has 0 spiro atoms. The molecular weight excluding hydrogens is 409 g/mol. The SMILES string of the molecule is Cc1c(Cl)cc(NC(=O)Nc2ccc(OCCCN3CCCCC3)cc2)cc1Cl. The predicted octanol–water partition coefficient (Wildman–Crippen LogP) is 6.20. The molecule has 3 rings (SSSR count). The van der Waals surface area contributed by atoms with E-state index in [0.29, 0.717) is 28.0 Å². The number of amides is 2. The predicted molar refractivity (Wildman–Crippen MR) is 121 cm³/mol. The Morgan fingerprint density at radius 3 is 2.28 bits per heavy atom. The van der Waals surface area contributed by atoms with E-state index < -0.39 is 0 Å². The second-order valence-corrected chi connectivity index (χ2v) is 8.09.